The van der Waals surface area contributed by atoms with Gasteiger partial charge in [0.2, 0.25) is 0 Å². The number of rotatable bonds is 5. The first kappa shape index (κ1) is 21.4. The average molecular weight is 468 g/mol. The molecule has 36 heavy (non-hydrogen) atoms. The summed E-state index contributed by atoms with van der Waals surface area (Å²) in [4.78, 5) is 17.9. The second-order valence-corrected chi connectivity index (χ2v) is 8.27. The van der Waals surface area contributed by atoms with Crippen LogP contribution in [0.25, 0.3) is 23.0 Å². The van der Waals surface area contributed by atoms with Crippen molar-refractivity contribution in [3.05, 3.63) is 138 Å². The SMILES string of the molecule is O=C1/C(=C/c2cn(-c3ccccc3)nc2-c2ccncc2)C(c2ccccc2)=NN1c1ccccc1. The smallest absolute Gasteiger partial charge is 0.267 e. The second-order valence-electron chi connectivity index (χ2n) is 8.27. The van der Waals surface area contributed by atoms with E-state index in [1.54, 1.807) is 12.4 Å². The molecular weight excluding hydrogens is 446 g/mol. The van der Waals surface area contributed by atoms with Crippen molar-refractivity contribution in [2.75, 3.05) is 5.01 Å². The number of para-hydroxylation sites is 2. The number of benzene rings is 3. The normalized spacial score (nSPS) is 14.3. The molecule has 0 aliphatic carbocycles. The van der Waals surface area contributed by atoms with Crippen molar-refractivity contribution in [3.63, 3.8) is 0 Å². The summed E-state index contributed by atoms with van der Waals surface area (Å²) in [5.41, 5.74) is 6.13. The Balaban J connectivity index is 1.52. The molecule has 0 atom stereocenters. The van der Waals surface area contributed by atoms with Crippen LogP contribution in [-0.4, -0.2) is 26.4 Å². The molecule has 1 aliphatic heterocycles. The third-order valence-electron chi connectivity index (χ3n) is 5.94. The number of anilines is 1. The van der Waals surface area contributed by atoms with Crippen LogP contribution < -0.4 is 5.01 Å². The third kappa shape index (κ3) is 4.01. The molecule has 0 saturated carbocycles. The lowest BCUT2D eigenvalue weighted by Gasteiger charge is -2.10. The summed E-state index contributed by atoms with van der Waals surface area (Å²) in [6.45, 7) is 0. The van der Waals surface area contributed by atoms with Crippen molar-refractivity contribution in [3.8, 4) is 16.9 Å². The molecule has 6 rings (SSSR count). The van der Waals surface area contributed by atoms with Gasteiger partial charge in [0.15, 0.2) is 0 Å². The fraction of sp³-hybridized carbons (Fsp3) is 0. The van der Waals surface area contributed by atoms with E-state index in [1.165, 1.54) is 5.01 Å². The molecule has 172 valence electrons. The Hall–Kier alpha value is -5.10. The van der Waals surface area contributed by atoms with E-state index in [1.807, 2.05) is 120 Å². The van der Waals surface area contributed by atoms with E-state index in [0.717, 1.165) is 28.1 Å². The van der Waals surface area contributed by atoms with Gasteiger partial charge in [-0.1, -0.05) is 66.7 Å². The number of nitrogens with zero attached hydrogens (tertiary/aromatic N) is 5. The maximum atomic E-state index is 13.7. The Morgan fingerprint density at radius 2 is 1.28 bits per heavy atom. The number of hydrogen-bond donors (Lipinski definition) is 0. The molecule has 3 heterocycles. The van der Waals surface area contributed by atoms with Gasteiger partial charge in [-0.05, 0) is 42.5 Å². The molecule has 6 nitrogen and oxygen atoms in total. The molecule has 2 aromatic heterocycles. The fourth-order valence-corrected chi connectivity index (χ4v) is 4.19. The first-order valence-electron chi connectivity index (χ1n) is 11.6. The van der Waals surface area contributed by atoms with Crippen molar-refractivity contribution in [1.29, 1.82) is 0 Å². The van der Waals surface area contributed by atoms with Gasteiger partial charge >= 0.3 is 0 Å². The standard InChI is InChI=1S/C30H21N5O/c36-30-27(29(22-10-4-1-5-11-22)33-35(30)26-14-8-3-9-15-26)20-24-21-34(25-12-6-2-7-13-25)32-28(24)23-16-18-31-19-17-23/h1-21H/b27-20+. The van der Waals surface area contributed by atoms with Gasteiger partial charge in [-0.25, -0.2) is 4.68 Å². The first-order chi connectivity index (χ1) is 17.8. The molecular formula is C30H21N5O. The van der Waals surface area contributed by atoms with Crippen molar-refractivity contribution < 1.29 is 4.79 Å². The number of hydrazone groups is 1. The highest BCUT2D eigenvalue weighted by Crippen LogP contribution is 2.31. The molecule has 3 aromatic carbocycles. The van der Waals surface area contributed by atoms with Crippen molar-refractivity contribution in [2.45, 2.75) is 0 Å². The van der Waals surface area contributed by atoms with Gasteiger partial charge in [0.25, 0.3) is 5.91 Å². The average Bonchev–Trinajstić information content (AvgIpc) is 3.52. The Morgan fingerprint density at radius 1 is 0.667 bits per heavy atom. The lowest BCUT2D eigenvalue weighted by Crippen LogP contribution is -2.21. The third-order valence-corrected chi connectivity index (χ3v) is 5.94. The molecule has 0 spiro atoms. The summed E-state index contributed by atoms with van der Waals surface area (Å²) in [7, 11) is 0. The minimum Gasteiger partial charge on any atom is -0.267 e. The van der Waals surface area contributed by atoms with E-state index in [2.05, 4.69) is 4.98 Å². The summed E-state index contributed by atoms with van der Waals surface area (Å²) in [6, 6.07) is 33.0. The highest BCUT2D eigenvalue weighted by Gasteiger charge is 2.32. The van der Waals surface area contributed by atoms with Crippen LogP contribution in [0.2, 0.25) is 0 Å². The number of pyridine rings is 1. The second kappa shape index (κ2) is 9.27. The molecule has 0 unspecified atom stereocenters. The van der Waals surface area contributed by atoms with Crippen LogP contribution in [0.1, 0.15) is 11.1 Å². The lowest BCUT2D eigenvalue weighted by atomic mass is 9.99. The van der Waals surface area contributed by atoms with Gasteiger partial charge in [0.1, 0.15) is 11.4 Å². The van der Waals surface area contributed by atoms with E-state index < -0.39 is 0 Å². The largest absolute Gasteiger partial charge is 0.281 e. The van der Waals surface area contributed by atoms with Gasteiger partial charge in [-0.2, -0.15) is 15.2 Å². The number of aromatic nitrogens is 3. The predicted molar refractivity (Wildman–Crippen MR) is 142 cm³/mol. The van der Waals surface area contributed by atoms with Crippen LogP contribution in [0.3, 0.4) is 0 Å². The fourth-order valence-electron chi connectivity index (χ4n) is 4.19. The van der Waals surface area contributed by atoms with Crippen LogP contribution in [0, 0.1) is 0 Å². The van der Waals surface area contributed by atoms with Crippen molar-refractivity contribution in [1.82, 2.24) is 14.8 Å². The molecule has 0 fully saturated rings. The Bertz CT molecular complexity index is 1570. The summed E-state index contributed by atoms with van der Waals surface area (Å²) < 4.78 is 1.83. The van der Waals surface area contributed by atoms with Gasteiger partial charge in [0, 0.05) is 35.3 Å². The van der Waals surface area contributed by atoms with Crippen LogP contribution in [-0.2, 0) is 4.79 Å². The molecule has 5 aromatic rings. The highest BCUT2D eigenvalue weighted by atomic mass is 16.2. The number of amides is 1. The monoisotopic (exact) mass is 467 g/mol. The van der Waals surface area contributed by atoms with Crippen LogP contribution in [0.4, 0.5) is 5.69 Å². The summed E-state index contributed by atoms with van der Waals surface area (Å²) in [5, 5.41) is 11.1. The van der Waals surface area contributed by atoms with E-state index in [4.69, 9.17) is 10.2 Å². The zero-order chi connectivity index (χ0) is 24.3. The van der Waals surface area contributed by atoms with Gasteiger partial charge in [-0.3, -0.25) is 9.78 Å². The molecule has 0 saturated heterocycles. The van der Waals surface area contributed by atoms with E-state index in [9.17, 15) is 4.79 Å². The predicted octanol–water partition coefficient (Wildman–Crippen LogP) is 5.77. The molecule has 1 aliphatic rings. The molecule has 0 N–H and O–H groups in total. The topological polar surface area (TPSA) is 63.4 Å². The molecule has 0 radical (unpaired) electrons. The highest BCUT2D eigenvalue weighted by molar-refractivity contribution is 6.37. The minimum absolute atomic E-state index is 0.187. The van der Waals surface area contributed by atoms with E-state index in [-0.39, 0.29) is 5.91 Å². The van der Waals surface area contributed by atoms with E-state index >= 15 is 0 Å². The Kier molecular flexibility index (Phi) is 5.52. The lowest BCUT2D eigenvalue weighted by molar-refractivity contribution is -0.114. The summed E-state index contributed by atoms with van der Waals surface area (Å²) in [5.74, 6) is -0.187. The maximum absolute atomic E-state index is 13.7. The zero-order valence-corrected chi connectivity index (χ0v) is 19.3. The number of hydrogen-bond acceptors (Lipinski definition) is 4. The minimum atomic E-state index is -0.187. The quantitative estimate of drug-likeness (QED) is 0.308. The van der Waals surface area contributed by atoms with Crippen molar-refractivity contribution >= 4 is 23.4 Å². The summed E-state index contributed by atoms with van der Waals surface area (Å²) in [6.07, 6.45) is 7.31. The maximum Gasteiger partial charge on any atom is 0.281 e. The van der Waals surface area contributed by atoms with Crippen LogP contribution >= 0.6 is 0 Å². The first-order valence-corrected chi connectivity index (χ1v) is 11.6. The number of carbonyl (C=O) groups is 1. The van der Waals surface area contributed by atoms with Gasteiger partial charge < -0.3 is 0 Å². The molecule has 6 heteroatoms. The van der Waals surface area contributed by atoms with E-state index in [0.29, 0.717) is 17.0 Å². The number of carbonyl (C=O) groups excluding carboxylic acids is 1. The van der Waals surface area contributed by atoms with Crippen LogP contribution in [0.15, 0.2) is 132 Å². The van der Waals surface area contributed by atoms with Gasteiger partial charge in [0.05, 0.1) is 16.9 Å². The molecule has 0 bridgehead atoms. The zero-order valence-electron chi connectivity index (χ0n) is 19.3. The van der Waals surface area contributed by atoms with Crippen LogP contribution in [0.5, 0.6) is 0 Å². The molecule has 1 amide bonds. The van der Waals surface area contributed by atoms with Crippen molar-refractivity contribution in [2.24, 2.45) is 5.10 Å². The van der Waals surface area contributed by atoms with Gasteiger partial charge in [-0.15, -0.1) is 0 Å². The Morgan fingerprint density at radius 3 is 1.94 bits per heavy atom. The summed E-state index contributed by atoms with van der Waals surface area (Å²) >= 11 is 0. The Labute approximate surface area is 208 Å².